The van der Waals surface area contributed by atoms with Gasteiger partial charge in [-0.3, -0.25) is 0 Å². The summed E-state index contributed by atoms with van der Waals surface area (Å²) in [6.07, 6.45) is 1.71. The summed E-state index contributed by atoms with van der Waals surface area (Å²) in [5.74, 6) is 1.80. The minimum Gasteiger partial charge on any atom is -0.475 e. The van der Waals surface area contributed by atoms with E-state index in [1.807, 2.05) is 33.8 Å². The summed E-state index contributed by atoms with van der Waals surface area (Å²) in [6, 6.07) is 3.34. The Hall–Kier alpha value is -2.57. The fraction of sp³-hybridized carbons (Fsp3) is 0.438. The number of ether oxygens (including phenoxy) is 1. The van der Waals surface area contributed by atoms with Crippen LogP contribution >= 0.6 is 0 Å². The van der Waals surface area contributed by atoms with E-state index in [2.05, 4.69) is 20.6 Å². The lowest BCUT2D eigenvalue weighted by molar-refractivity contribution is 0.231. The van der Waals surface area contributed by atoms with Crippen LogP contribution < -0.4 is 15.4 Å². The molecule has 0 aliphatic carbocycles. The molecule has 0 aliphatic heterocycles. The summed E-state index contributed by atoms with van der Waals surface area (Å²) >= 11 is 0. The highest BCUT2D eigenvalue weighted by Crippen LogP contribution is 2.11. The molecule has 7 heteroatoms. The molecule has 0 aromatic carbocycles. The zero-order chi connectivity index (χ0) is 16.8. The number of aryl methyl sites for hydroxylation is 2. The Labute approximate surface area is 135 Å². The summed E-state index contributed by atoms with van der Waals surface area (Å²) in [5.41, 5.74) is 1.74. The molecule has 2 heterocycles. The number of carbonyl (C=O) groups excluding carboxylic acids is 1. The van der Waals surface area contributed by atoms with Gasteiger partial charge in [-0.05, 0) is 39.3 Å². The largest absolute Gasteiger partial charge is 0.475 e. The van der Waals surface area contributed by atoms with Gasteiger partial charge in [0.15, 0.2) is 0 Å². The minimum atomic E-state index is -0.290. The van der Waals surface area contributed by atoms with Crippen molar-refractivity contribution in [2.45, 2.75) is 46.9 Å². The van der Waals surface area contributed by atoms with Gasteiger partial charge in [0.25, 0.3) is 0 Å². The minimum absolute atomic E-state index is 0.0571. The van der Waals surface area contributed by atoms with Gasteiger partial charge in [0, 0.05) is 18.8 Å². The molecular formula is C16H22N4O3. The Bertz CT molecular complexity index is 648. The molecule has 0 unspecified atom stereocenters. The van der Waals surface area contributed by atoms with Crippen molar-refractivity contribution < 1.29 is 13.9 Å². The summed E-state index contributed by atoms with van der Waals surface area (Å²) in [7, 11) is 0. The lowest BCUT2D eigenvalue weighted by Crippen LogP contribution is -2.34. The van der Waals surface area contributed by atoms with Crippen molar-refractivity contribution in [3.63, 3.8) is 0 Å². The molecule has 0 saturated carbocycles. The normalized spacial score (nSPS) is 10.7. The second-order valence-electron chi connectivity index (χ2n) is 5.45. The van der Waals surface area contributed by atoms with Gasteiger partial charge in [-0.25, -0.2) is 14.8 Å². The predicted molar refractivity (Wildman–Crippen MR) is 85.1 cm³/mol. The third-order valence-electron chi connectivity index (χ3n) is 3.08. The van der Waals surface area contributed by atoms with E-state index in [9.17, 15) is 4.79 Å². The summed E-state index contributed by atoms with van der Waals surface area (Å²) < 4.78 is 10.9. The molecule has 0 bridgehead atoms. The van der Waals surface area contributed by atoms with Crippen LogP contribution in [-0.2, 0) is 13.1 Å². The maximum atomic E-state index is 11.8. The highest BCUT2D eigenvalue weighted by atomic mass is 16.5. The SMILES string of the molecule is Cc1nc(CNC(=O)NCc2ccnc(OC(C)C)c2)oc1C. The number of hydrogen-bond donors (Lipinski definition) is 2. The summed E-state index contributed by atoms with van der Waals surface area (Å²) in [5, 5.41) is 5.47. The Balaban J connectivity index is 1.80. The van der Waals surface area contributed by atoms with E-state index < -0.39 is 0 Å². The van der Waals surface area contributed by atoms with E-state index in [-0.39, 0.29) is 18.7 Å². The van der Waals surface area contributed by atoms with E-state index in [0.717, 1.165) is 17.0 Å². The van der Waals surface area contributed by atoms with Crippen LogP contribution in [0.3, 0.4) is 0 Å². The first-order valence-electron chi connectivity index (χ1n) is 7.50. The average Bonchev–Trinajstić information content (AvgIpc) is 2.81. The number of rotatable bonds is 6. The second kappa shape index (κ2) is 7.62. The number of nitrogens with one attached hydrogen (secondary N) is 2. The van der Waals surface area contributed by atoms with Crippen LogP contribution in [0.1, 0.15) is 36.8 Å². The standard InChI is InChI=1S/C16H22N4O3/c1-10(2)22-14-7-13(5-6-17-14)8-18-16(21)19-9-15-20-11(3)12(4)23-15/h5-7,10H,8-9H2,1-4H3,(H2,18,19,21). The first-order valence-corrected chi connectivity index (χ1v) is 7.50. The number of nitrogens with zero attached hydrogens (tertiary/aromatic N) is 2. The number of pyridine rings is 1. The third kappa shape index (κ3) is 5.28. The lowest BCUT2D eigenvalue weighted by atomic mass is 10.2. The van der Waals surface area contributed by atoms with Crippen molar-refractivity contribution in [3.8, 4) is 5.88 Å². The fourth-order valence-electron chi connectivity index (χ4n) is 1.88. The van der Waals surface area contributed by atoms with E-state index in [1.165, 1.54) is 0 Å². The van der Waals surface area contributed by atoms with Crippen LogP contribution in [0.4, 0.5) is 4.79 Å². The van der Waals surface area contributed by atoms with Crippen molar-refractivity contribution >= 4 is 6.03 Å². The molecule has 0 radical (unpaired) electrons. The monoisotopic (exact) mass is 318 g/mol. The number of oxazole rings is 1. The molecule has 23 heavy (non-hydrogen) atoms. The van der Waals surface area contributed by atoms with Crippen LogP contribution in [0.5, 0.6) is 5.88 Å². The Kier molecular flexibility index (Phi) is 5.56. The number of amides is 2. The fourth-order valence-corrected chi connectivity index (χ4v) is 1.88. The Morgan fingerprint density at radius 3 is 2.70 bits per heavy atom. The Morgan fingerprint density at radius 2 is 2.04 bits per heavy atom. The zero-order valence-corrected chi connectivity index (χ0v) is 13.8. The predicted octanol–water partition coefficient (Wildman–Crippen LogP) is 2.47. The topological polar surface area (TPSA) is 89.3 Å². The first kappa shape index (κ1) is 16.8. The molecule has 0 fully saturated rings. The molecule has 124 valence electrons. The van der Waals surface area contributed by atoms with Crippen LogP contribution in [0.25, 0.3) is 0 Å². The quantitative estimate of drug-likeness (QED) is 0.854. The van der Waals surface area contributed by atoms with E-state index in [0.29, 0.717) is 18.3 Å². The molecule has 2 amide bonds. The molecule has 2 rings (SSSR count). The number of hydrogen-bond acceptors (Lipinski definition) is 5. The van der Waals surface area contributed by atoms with Crippen LogP contribution in [0.15, 0.2) is 22.7 Å². The van der Waals surface area contributed by atoms with E-state index in [4.69, 9.17) is 9.15 Å². The number of carbonyl (C=O) groups is 1. The highest BCUT2D eigenvalue weighted by molar-refractivity contribution is 5.73. The van der Waals surface area contributed by atoms with Crippen molar-refractivity contribution in [2.24, 2.45) is 0 Å². The molecule has 0 aliphatic rings. The van der Waals surface area contributed by atoms with Gasteiger partial charge in [-0.2, -0.15) is 0 Å². The second-order valence-corrected chi connectivity index (χ2v) is 5.45. The van der Waals surface area contributed by atoms with Crippen molar-refractivity contribution in [2.75, 3.05) is 0 Å². The molecule has 0 atom stereocenters. The number of aromatic nitrogens is 2. The third-order valence-corrected chi connectivity index (χ3v) is 3.08. The van der Waals surface area contributed by atoms with Gasteiger partial charge in [-0.15, -0.1) is 0 Å². The van der Waals surface area contributed by atoms with Crippen LogP contribution in [0.2, 0.25) is 0 Å². The molecule has 2 aromatic heterocycles. The molecule has 2 N–H and O–H groups in total. The smallest absolute Gasteiger partial charge is 0.315 e. The lowest BCUT2D eigenvalue weighted by Gasteiger charge is -2.10. The van der Waals surface area contributed by atoms with Gasteiger partial charge in [-0.1, -0.05) is 0 Å². The molecular weight excluding hydrogens is 296 g/mol. The van der Waals surface area contributed by atoms with Gasteiger partial charge < -0.3 is 19.8 Å². The zero-order valence-electron chi connectivity index (χ0n) is 13.8. The van der Waals surface area contributed by atoms with Crippen molar-refractivity contribution in [1.29, 1.82) is 0 Å². The molecule has 0 saturated heterocycles. The van der Waals surface area contributed by atoms with E-state index >= 15 is 0 Å². The van der Waals surface area contributed by atoms with Gasteiger partial charge in [0.1, 0.15) is 5.76 Å². The van der Waals surface area contributed by atoms with Crippen molar-refractivity contribution in [3.05, 3.63) is 41.2 Å². The maximum Gasteiger partial charge on any atom is 0.315 e. The van der Waals surface area contributed by atoms with Gasteiger partial charge >= 0.3 is 6.03 Å². The van der Waals surface area contributed by atoms with Crippen LogP contribution in [0, 0.1) is 13.8 Å². The number of urea groups is 1. The highest BCUT2D eigenvalue weighted by Gasteiger charge is 2.08. The molecule has 2 aromatic rings. The van der Waals surface area contributed by atoms with Crippen LogP contribution in [-0.4, -0.2) is 22.1 Å². The van der Waals surface area contributed by atoms with Gasteiger partial charge in [0.2, 0.25) is 11.8 Å². The Morgan fingerprint density at radius 1 is 1.30 bits per heavy atom. The average molecular weight is 318 g/mol. The molecule has 7 nitrogen and oxygen atoms in total. The molecule has 0 spiro atoms. The van der Waals surface area contributed by atoms with E-state index in [1.54, 1.807) is 12.3 Å². The van der Waals surface area contributed by atoms with Crippen molar-refractivity contribution in [1.82, 2.24) is 20.6 Å². The first-order chi connectivity index (χ1) is 10.9. The maximum absolute atomic E-state index is 11.8. The summed E-state index contributed by atoms with van der Waals surface area (Å²) in [6.45, 7) is 8.21. The summed E-state index contributed by atoms with van der Waals surface area (Å²) in [4.78, 5) is 20.1. The van der Waals surface area contributed by atoms with Gasteiger partial charge in [0.05, 0.1) is 18.3 Å².